The Kier molecular flexibility index (Phi) is 7.76. The average Bonchev–Trinajstić information content (AvgIpc) is 3.31. The molecular weight excluding hydrogens is 502 g/mol. The highest BCUT2D eigenvalue weighted by Crippen LogP contribution is 2.39. The van der Waals surface area contributed by atoms with Crippen molar-refractivity contribution in [2.75, 3.05) is 32.1 Å². The number of likely N-dealkylation sites (N-methyl/N-ethyl adjacent to an activating group) is 2. The third-order valence-corrected chi connectivity index (χ3v) is 7.74. The van der Waals surface area contributed by atoms with Crippen molar-refractivity contribution in [3.05, 3.63) is 101 Å². The van der Waals surface area contributed by atoms with Crippen LogP contribution in [0.5, 0.6) is 0 Å². The van der Waals surface area contributed by atoms with Crippen molar-refractivity contribution in [3.63, 3.8) is 0 Å². The number of halogens is 1. The standard InChI is InChI=1S/C29H32ClN5OS/c1-33-25-14-13-22(30)17-24(25)26(21-11-7-4-8-12-21)34(2)27(28(33)36)32-29(37)31-23-15-16-35(19-23)18-20-9-5-3-6-10-20/h3-14,17,23,26-27H,15-16,18-19H2,1-2H3,(H2,31,32,37). The van der Waals surface area contributed by atoms with Gasteiger partial charge in [-0.15, -0.1) is 0 Å². The number of rotatable bonds is 5. The van der Waals surface area contributed by atoms with Crippen molar-refractivity contribution in [2.24, 2.45) is 0 Å². The number of carbonyl (C=O) groups is 1. The molecule has 0 saturated carbocycles. The van der Waals surface area contributed by atoms with E-state index in [0.29, 0.717) is 10.1 Å². The lowest BCUT2D eigenvalue weighted by Crippen LogP contribution is -2.58. The maximum absolute atomic E-state index is 13.7. The maximum Gasteiger partial charge on any atom is 0.264 e. The minimum Gasteiger partial charge on any atom is -0.359 e. The highest BCUT2D eigenvalue weighted by atomic mass is 35.5. The number of hydrogen-bond acceptors (Lipinski definition) is 4. The predicted molar refractivity (Wildman–Crippen MR) is 154 cm³/mol. The molecule has 1 fully saturated rings. The molecule has 37 heavy (non-hydrogen) atoms. The van der Waals surface area contributed by atoms with Crippen molar-refractivity contribution >= 4 is 40.5 Å². The molecule has 0 spiro atoms. The third kappa shape index (κ3) is 5.65. The molecule has 2 aliphatic rings. The van der Waals surface area contributed by atoms with Crippen LogP contribution >= 0.6 is 23.8 Å². The first-order valence-electron chi connectivity index (χ1n) is 12.6. The molecule has 8 heteroatoms. The fourth-order valence-electron chi connectivity index (χ4n) is 5.40. The van der Waals surface area contributed by atoms with Gasteiger partial charge in [0, 0.05) is 43.4 Å². The number of carbonyl (C=O) groups excluding carboxylic acids is 1. The first-order chi connectivity index (χ1) is 17.9. The van der Waals surface area contributed by atoms with Crippen LogP contribution in [0, 0.1) is 0 Å². The first kappa shape index (κ1) is 25.7. The van der Waals surface area contributed by atoms with Gasteiger partial charge in [-0.25, -0.2) is 0 Å². The SMILES string of the molecule is CN1C(=O)C(NC(=S)NC2CCN(Cc3ccccc3)C2)N(C)C(c2ccccc2)c2cc(Cl)ccc21. The number of nitrogens with zero attached hydrogens (tertiary/aromatic N) is 3. The van der Waals surface area contributed by atoms with E-state index in [4.69, 9.17) is 23.8 Å². The van der Waals surface area contributed by atoms with E-state index in [9.17, 15) is 4.79 Å². The van der Waals surface area contributed by atoms with Gasteiger partial charge in [0.2, 0.25) is 0 Å². The number of amides is 1. The lowest BCUT2D eigenvalue weighted by Gasteiger charge is -2.34. The summed E-state index contributed by atoms with van der Waals surface area (Å²) in [5, 5.41) is 7.92. The van der Waals surface area contributed by atoms with Gasteiger partial charge in [-0.1, -0.05) is 72.3 Å². The van der Waals surface area contributed by atoms with Crippen molar-refractivity contribution < 1.29 is 4.79 Å². The largest absolute Gasteiger partial charge is 0.359 e. The lowest BCUT2D eigenvalue weighted by atomic mass is 9.96. The van der Waals surface area contributed by atoms with Crippen LogP contribution in [0.1, 0.15) is 29.2 Å². The number of benzene rings is 3. The van der Waals surface area contributed by atoms with Crippen LogP contribution < -0.4 is 15.5 Å². The van der Waals surface area contributed by atoms with Crippen LogP contribution in [0.4, 0.5) is 5.69 Å². The van der Waals surface area contributed by atoms with Crippen molar-refractivity contribution in [3.8, 4) is 0 Å². The summed E-state index contributed by atoms with van der Waals surface area (Å²) in [5.74, 6) is -0.0780. The lowest BCUT2D eigenvalue weighted by molar-refractivity contribution is -0.123. The summed E-state index contributed by atoms with van der Waals surface area (Å²) in [6.45, 7) is 2.83. The van der Waals surface area contributed by atoms with E-state index >= 15 is 0 Å². The van der Waals surface area contributed by atoms with Crippen molar-refractivity contribution in [2.45, 2.75) is 31.2 Å². The van der Waals surface area contributed by atoms with Crippen LogP contribution in [-0.2, 0) is 11.3 Å². The molecule has 6 nitrogen and oxygen atoms in total. The fourth-order valence-corrected chi connectivity index (χ4v) is 5.85. The van der Waals surface area contributed by atoms with Gasteiger partial charge in [0.15, 0.2) is 11.3 Å². The molecule has 3 unspecified atom stereocenters. The van der Waals surface area contributed by atoms with Crippen LogP contribution in [-0.4, -0.2) is 60.2 Å². The zero-order valence-electron chi connectivity index (χ0n) is 21.1. The minimum atomic E-state index is -0.650. The van der Waals surface area contributed by atoms with Gasteiger partial charge in [0.25, 0.3) is 5.91 Å². The molecule has 3 atom stereocenters. The van der Waals surface area contributed by atoms with Gasteiger partial charge < -0.3 is 15.5 Å². The summed E-state index contributed by atoms with van der Waals surface area (Å²) >= 11 is 12.2. The molecule has 192 valence electrons. The Morgan fingerprint density at radius 1 is 1.00 bits per heavy atom. The Bertz CT molecular complexity index is 1260. The Morgan fingerprint density at radius 3 is 2.43 bits per heavy atom. The van der Waals surface area contributed by atoms with E-state index in [2.05, 4.69) is 51.9 Å². The van der Waals surface area contributed by atoms with Crippen LogP contribution in [0.2, 0.25) is 5.02 Å². The second kappa shape index (κ2) is 11.2. The molecule has 0 aromatic heterocycles. The summed E-state index contributed by atoms with van der Waals surface area (Å²) in [6, 6.07) is 26.4. The monoisotopic (exact) mass is 533 g/mol. The van der Waals surface area contributed by atoms with E-state index in [-0.39, 0.29) is 18.0 Å². The van der Waals surface area contributed by atoms with Gasteiger partial charge in [0.1, 0.15) is 0 Å². The number of anilines is 1. The van der Waals surface area contributed by atoms with E-state index in [1.807, 2.05) is 54.4 Å². The minimum absolute atomic E-state index is 0.0780. The molecule has 2 N–H and O–H groups in total. The number of nitrogens with one attached hydrogen (secondary N) is 2. The molecule has 3 aromatic rings. The molecule has 1 saturated heterocycles. The highest BCUT2D eigenvalue weighted by Gasteiger charge is 2.39. The van der Waals surface area contributed by atoms with E-state index < -0.39 is 6.17 Å². The Morgan fingerprint density at radius 2 is 1.70 bits per heavy atom. The van der Waals surface area contributed by atoms with Crippen LogP contribution in [0.25, 0.3) is 0 Å². The molecule has 0 aliphatic carbocycles. The molecule has 2 heterocycles. The summed E-state index contributed by atoms with van der Waals surface area (Å²) < 4.78 is 0. The quantitative estimate of drug-likeness (QED) is 0.474. The van der Waals surface area contributed by atoms with Crippen molar-refractivity contribution in [1.82, 2.24) is 20.4 Å². The average molecular weight is 534 g/mol. The van der Waals surface area contributed by atoms with Crippen molar-refractivity contribution in [1.29, 1.82) is 0 Å². The topological polar surface area (TPSA) is 50.9 Å². The van der Waals surface area contributed by atoms with Gasteiger partial charge >= 0.3 is 0 Å². The zero-order valence-corrected chi connectivity index (χ0v) is 22.7. The first-order valence-corrected chi connectivity index (χ1v) is 13.4. The van der Waals surface area contributed by atoms with E-state index in [1.165, 1.54) is 5.56 Å². The fraction of sp³-hybridized carbons (Fsp3) is 0.310. The zero-order chi connectivity index (χ0) is 25.9. The Labute approximate surface area is 229 Å². The van der Waals surface area contributed by atoms with Gasteiger partial charge in [0.05, 0.1) is 6.04 Å². The van der Waals surface area contributed by atoms with Crippen LogP contribution in [0.15, 0.2) is 78.9 Å². The molecule has 5 rings (SSSR count). The molecule has 0 radical (unpaired) electrons. The predicted octanol–water partition coefficient (Wildman–Crippen LogP) is 4.40. The summed E-state index contributed by atoms with van der Waals surface area (Å²) in [7, 11) is 3.76. The van der Waals surface area contributed by atoms with E-state index in [0.717, 1.165) is 42.9 Å². The van der Waals surface area contributed by atoms with Gasteiger partial charge in [-0.3, -0.25) is 14.6 Å². The second-order valence-corrected chi connectivity index (χ2v) is 10.7. The summed E-state index contributed by atoms with van der Waals surface area (Å²) in [4.78, 5) is 19.9. The Hall–Kier alpha value is -2.97. The molecule has 2 aliphatic heterocycles. The molecule has 3 aromatic carbocycles. The number of thiocarbonyl (C=S) groups is 1. The number of fused-ring (bicyclic) bond motifs is 1. The van der Waals surface area contributed by atoms with E-state index in [1.54, 1.807) is 11.9 Å². The van der Waals surface area contributed by atoms with Gasteiger partial charge in [-0.2, -0.15) is 0 Å². The smallest absolute Gasteiger partial charge is 0.264 e. The van der Waals surface area contributed by atoms with Crippen LogP contribution in [0.3, 0.4) is 0 Å². The maximum atomic E-state index is 13.7. The molecule has 0 bridgehead atoms. The third-order valence-electron chi connectivity index (χ3n) is 7.26. The second-order valence-electron chi connectivity index (χ2n) is 9.81. The summed E-state index contributed by atoms with van der Waals surface area (Å²) in [5.41, 5.74) is 4.21. The molecule has 1 amide bonds. The number of likely N-dealkylation sites (tertiary alicyclic amines) is 1. The van der Waals surface area contributed by atoms with Gasteiger partial charge in [-0.05, 0) is 60.6 Å². The molecular formula is C29H32ClN5OS. The number of hydrogen-bond donors (Lipinski definition) is 2. The summed E-state index contributed by atoms with van der Waals surface area (Å²) in [6.07, 6.45) is 0.350. The Balaban J connectivity index is 1.32. The highest BCUT2D eigenvalue weighted by molar-refractivity contribution is 7.80. The normalized spacial score (nSPS) is 22.4.